The van der Waals surface area contributed by atoms with Crippen LogP contribution in [0.5, 0.6) is 11.5 Å². The number of aliphatic hydroxyl groups is 1. The van der Waals surface area contributed by atoms with Gasteiger partial charge in [-0.1, -0.05) is 26.8 Å². The Labute approximate surface area is 203 Å². The maximum absolute atomic E-state index is 12.2. The van der Waals surface area contributed by atoms with Gasteiger partial charge in [-0.3, -0.25) is 4.90 Å². The van der Waals surface area contributed by atoms with Crippen molar-refractivity contribution in [1.82, 2.24) is 4.90 Å². The summed E-state index contributed by atoms with van der Waals surface area (Å²) in [6.07, 6.45) is 7.64. The van der Waals surface area contributed by atoms with E-state index in [1.165, 1.54) is 30.5 Å². The van der Waals surface area contributed by atoms with Gasteiger partial charge >= 0.3 is 0 Å². The van der Waals surface area contributed by atoms with E-state index in [4.69, 9.17) is 9.47 Å². The van der Waals surface area contributed by atoms with Crippen molar-refractivity contribution >= 4 is 0 Å². The van der Waals surface area contributed by atoms with Crippen molar-refractivity contribution in [2.24, 2.45) is 22.7 Å². The van der Waals surface area contributed by atoms with E-state index in [2.05, 4.69) is 31.7 Å². The van der Waals surface area contributed by atoms with E-state index in [-0.39, 0.29) is 34.0 Å². The number of aromatic hydroxyl groups is 1. The zero-order valence-electron chi connectivity index (χ0n) is 21.5. The second-order valence-corrected chi connectivity index (χ2v) is 13.8. The zero-order valence-corrected chi connectivity index (χ0v) is 21.5. The summed E-state index contributed by atoms with van der Waals surface area (Å²) in [5.74, 6) is 1.80. The molecule has 7 atom stereocenters. The summed E-state index contributed by atoms with van der Waals surface area (Å²) in [4.78, 5) is 2.82. The minimum absolute atomic E-state index is 0.0294. The van der Waals surface area contributed by atoms with Crippen LogP contribution in [0.15, 0.2) is 12.1 Å². The molecule has 7 aliphatic rings. The first-order chi connectivity index (χ1) is 16.0. The van der Waals surface area contributed by atoms with Crippen molar-refractivity contribution < 1.29 is 19.7 Å². The number of benzene rings is 1. The fourth-order valence-electron chi connectivity index (χ4n) is 9.58. The summed E-state index contributed by atoms with van der Waals surface area (Å²) in [7, 11) is 1.83. The third kappa shape index (κ3) is 2.25. The van der Waals surface area contributed by atoms with Gasteiger partial charge < -0.3 is 19.7 Å². The maximum Gasteiger partial charge on any atom is 0.165 e. The van der Waals surface area contributed by atoms with E-state index in [9.17, 15) is 10.2 Å². The summed E-state index contributed by atoms with van der Waals surface area (Å²) in [6.45, 7) is 10.8. The van der Waals surface area contributed by atoms with Crippen LogP contribution in [0.1, 0.15) is 77.3 Å². The molecular weight excluding hydrogens is 426 g/mol. The Bertz CT molecular complexity index is 1060. The van der Waals surface area contributed by atoms with Gasteiger partial charge in [0.25, 0.3) is 0 Å². The molecule has 4 saturated carbocycles. The van der Waals surface area contributed by atoms with Crippen molar-refractivity contribution in [3.8, 4) is 11.5 Å². The molecule has 1 unspecified atom stereocenters. The second-order valence-electron chi connectivity index (χ2n) is 13.8. The highest BCUT2D eigenvalue weighted by Gasteiger charge is 2.82. The number of rotatable bonds is 4. The van der Waals surface area contributed by atoms with Crippen LogP contribution < -0.4 is 4.74 Å². The quantitative estimate of drug-likeness (QED) is 0.687. The fourth-order valence-corrected chi connectivity index (χ4v) is 9.58. The maximum atomic E-state index is 12.2. The number of phenolic OH excluding ortho intramolecular Hbond substituents is 1. The van der Waals surface area contributed by atoms with Crippen LogP contribution in [0.3, 0.4) is 0 Å². The molecule has 2 aliphatic heterocycles. The van der Waals surface area contributed by atoms with E-state index in [1.54, 1.807) is 0 Å². The first-order valence-electron chi connectivity index (χ1n) is 13.6. The number of hydrogen-bond donors (Lipinski definition) is 2. The fraction of sp³-hybridized carbons (Fsp3) is 0.793. The molecule has 2 N–H and O–H groups in total. The normalized spacial score (nSPS) is 43.9. The molecule has 2 spiro atoms. The number of phenols is 1. The van der Waals surface area contributed by atoms with Gasteiger partial charge in [-0.05, 0) is 81.4 Å². The minimum atomic E-state index is -0.909. The van der Waals surface area contributed by atoms with Crippen LogP contribution >= 0.6 is 0 Å². The Morgan fingerprint density at radius 1 is 1.15 bits per heavy atom. The number of nitrogens with zero attached hydrogens (tertiary/aromatic N) is 1. The molecule has 5 fully saturated rings. The monoisotopic (exact) mass is 467 g/mol. The van der Waals surface area contributed by atoms with E-state index >= 15 is 0 Å². The van der Waals surface area contributed by atoms with Gasteiger partial charge in [0.1, 0.15) is 11.7 Å². The van der Waals surface area contributed by atoms with E-state index in [1.807, 2.05) is 20.1 Å². The Morgan fingerprint density at radius 2 is 1.91 bits per heavy atom. The predicted molar refractivity (Wildman–Crippen MR) is 130 cm³/mol. The number of methoxy groups -OCH3 is 1. The molecule has 1 saturated heterocycles. The molecule has 1 aromatic carbocycles. The molecule has 4 bridgehead atoms. The average Bonchev–Trinajstić information content (AvgIpc) is 3.53. The number of piperidine rings is 1. The number of likely N-dealkylation sites (tertiary alicyclic amines) is 1. The molecule has 2 heterocycles. The van der Waals surface area contributed by atoms with Crippen LogP contribution in [-0.2, 0) is 16.6 Å². The van der Waals surface area contributed by atoms with E-state index in [0.29, 0.717) is 11.8 Å². The summed E-state index contributed by atoms with van der Waals surface area (Å²) >= 11 is 0. The Morgan fingerprint density at radius 3 is 2.59 bits per heavy atom. The molecular formula is C29H41NO4. The molecule has 8 rings (SSSR count). The highest BCUT2D eigenvalue weighted by molar-refractivity contribution is 5.63. The van der Waals surface area contributed by atoms with Gasteiger partial charge in [0, 0.05) is 42.0 Å². The summed E-state index contributed by atoms with van der Waals surface area (Å²) < 4.78 is 13.5. The smallest absolute Gasteiger partial charge is 0.165 e. The lowest BCUT2D eigenvalue weighted by Gasteiger charge is -2.75. The van der Waals surface area contributed by atoms with Gasteiger partial charge in [-0.2, -0.15) is 0 Å². The Hall–Kier alpha value is -1.30. The number of fused-ring (bicyclic) bond motifs is 2. The molecule has 0 radical (unpaired) electrons. The first kappa shape index (κ1) is 21.9. The van der Waals surface area contributed by atoms with Crippen molar-refractivity contribution in [3.63, 3.8) is 0 Å². The molecule has 5 nitrogen and oxygen atoms in total. The third-order valence-corrected chi connectivity index (χ3v) is 11.9. The molecule has 5 aliphatic carbocycles. The van der Waals surface area contributed by atoms with Gasteiger partial charge in [0.05, 0.1) is 5.60 Å². The molecule has 0 amide bonds. The molecule has 34 heavy (non-hydrogen) atoms. The highest BCUT2D eigenvalue weighted by atomic mass is 16.6. The lowest BCUT2D eigenvalue weighted by atomic mass is 9.33. The largest absolute Gasteiger partial charge is 0.504 e. The van der Waals surface area contributed by atoms with Crippen molar-refractivity contribution in [3.05, 3.63) is 23.3 Å². The summed E-state index contributed by atoms with van der Waals surface area (Å²) in [5, 5.41) is 23.2. The first-order valence-corrected chi connectivity index (χ1v) is 13.6. The zero-order chi connectivity index (χ0) is 23.9. The SMILES string of the molecule is CO[C@]12CCC3(C[C@@H]1[C@](C)(O)C(C)(C)C)[C@H]1Cc4ccc(O)c5c4[C@@]3(CCN1CC1CC1)[C@H]2O5. The van der Waals surface area contributed by atoms with Crippen LogP contribution in [-0.4, -0.2) is 58.7 Å². The lowest BCUT2D eigenvalue weighted by Crippen LogP contribution is -2.83. The van der Waals surface area contributed by atoms with Gasteiger partial charge in [0.2, 0.25) is 0 Å². The van der Waals surface area contributed by atoms with E-state index in [0.717, 1.165) is 44.6 Å². The van der Waals surface area contributed by atoms with Crippen molar-refractivity contribution in [2.75, 3.05) is 20.2 Å². The van der Waals surface area contributed by atoms with Crippen molar-refractivity contribution in [1.29, 1.82) is 0 Å². The van der Waals surface area contributed by atoms with Gasteiger partial charge in [0.15, 0.2) is 11.5 Å². The lowest BCUT2D eigenvalue weighted by molar-refractivity contribution is -0.312. The van der Waals surface area contributed by atoms with Crippen LogP contribution in [0.25, 0.3) is 0 Å². The number of hydrogen-bond acceptors (Lipinski definition) is 5. The van der Waals surface area contributed by atoms with Crippen molar-refractivity contribution in [2.45, 2.75) is 101 Å². The highest BCUT2D eigenvalue weighted by Crippen LogP contribution is 2.78. The standard InChI is InChI=1S/C29H41NO4/c1-25(2,3)26(4,32)20-15-27-10-11-29(20,33-5)24-28(27)12-13-30(16-17-6-7-17)21(27)14-18-8-9-19(31)23(34-24)22(18)28/h8-9,17,20-21,24,31-32H,6-7,10-16H2,1-5H3/t20-,21-,24-,26+,27?,28+,29-/m1/s1. The third-order valence-electron chi connectivity index (χ3n) is 11.9. The number of ether oxygens (including phenoxy) is 2. The second kappa shape index (κ2) is 6.33. The predicted octanol–water partition coefficient (Wildman–Crippen LogP) is 4.41. The Kier molecular flexibility index (Phi) is 4.08. The minimum Gasteiger partial charge on any atom is -0.504 e. The molecule has 5 heteroatoms. The molecule has 1 aromatic rings. The van der Waals surface area contributed by atoms with Crippen LogP contribution in [0.4, 0.5) is 0 Å². The Balaban J connectivity index is 1.47. The summed E-state index contributed by atoms with van der Waals surface area (Å²) in [6, 6.07) is 4.46. The van der Waals surface area contributed by atoms with E-state index < -0.39 is 11.2 Å². The topological polar surface area (TPSA) is 62.2 Å². The van der Waals surface area contributed by atoms with Gasteiger partial charge in [-0.25, -0.2) is 0 Å². The van der Waals surface area contributed by atoms with Gasteiger partial charge in [-0.15, -0.1) is 0 Å². The van der Waals surface area contributed by atoms with Crippen LogP contribution in [0.2, 0.25) is 0 Å². The molecule has 0 aromatic heterocycles. The van der Waals surface area contributed by atoms with Crippen LogP contribution in [0, 0.1) is 22.7 Å². The molecule has 186 valence electrons. The average molecular weight is 468 g/mol. The summed E-state index contributed by atoms with van der Waals surface area (Å²) in [5.41, 5.74) is 0.783.